The summed E-state index contributed by atoms with van der Waals surface area (Å²) in [5, 5.41) is 12.0. The lowest BCUT2D eigenvalue weighted by molar-refractivity contribution is -0.304. The standard InChI is InChI=1S/C14H10ClN3O3/c15-7-1-2-10-8(5-7)9(6-11(19)20)12(18-10)13(21)14-16-3-4-17-14/h1-5,18H,6H2,(H,16,17)(H,19,20)/p-1. The number of imidazole rings is 1. The van der Waals surface area contributed by atoms with Gasteiger partial charge >= 0.3 is 0 Å². The Hall–Kier alpha value is -2.60. The molecule has 2 N–H and O–H groups in total. The van der Waals surface area contributed by atoms with Crippen LogP contribution in [0.2, 0.25) is 5.02 Å². The van der Waals surface area contributed by atoms with Crippen LogP contribution in [0, 0.1) is 0 Å². The third-order valence-corrected chi connectivity index (χ3v) is 3.36. The van der Waals surface area contributed by atoms with Crippen LogP contribution < -0.4 is 5.11 Å². The number of carboxylic acids is 1. The number of hydrogen-bond acceptors (Lipinski definition) is 4. The number of nitrogens with one attached hydrogen (secondary N) is 2. The van der Waals surface area contributed by atoms with Crippen LogP contribution in [-0.2, 0) is 11.2 Å². The van der Waals surface area contributed by atoms with Crippen molar-refractivity contribution in [3.05, 3.63) is 52.7 Å². The summed E-state index contributed by atoms with van der Waals surface area (Å²) in [5.41, 5.74) is 1.14. The third-order valence-electron chi connectivity index (χ3n) is 3.13. The molecule has 0 spiro atoms. The number of nitrogens with zero attached hydrogens (tertiary/aromatic N) is 1. The lowest BCUT2D eigenvalue weighted by Gasteiger charge is -2.04. The molecule has 3 aromatic rings. The van der Waals surface area contributed by atoms with Crippen LogP contribution in [0.25, 0.3) is 10.9 Å². The zero-order valence-corrected chi connectivity index (χ0v) is 11.4. The molecule has 0 bridgehead atoms. The normalized spacial score (nSPS) is 10.9. The molecule has 0 saturated carbocycles. The van der Waals surface area contributed by atoms with E-state index in [9.17, 15) is 14.7 Å². The minimum absolute atomic E-state index is 0.132. The number of benzene rings is 1. The number of aliphatic carboxylic acids is 1. The Balaban J connectivity index is 2.21. The molecule has 0 atom stereocenters. The van der Waals surface area contributed by atoms with Gasteiger partial charge in [-0.25, -0.2) is 4.98 Å². The summed E-state index contributed by atoms with van der Waals surface area (Å²) in [6.45, 7) is 0. The van der Waals surface area contributed by atoms with E-state index in [-0.39, 0.29) is 17.9 Å². The summed E-state index contributed by atoms with van der Waals surface area (Å²) in [4.78, 5) is 32.9. The second-order valence-electron chi connectivity index (χ2n) is 4.48. The smallest absolute Gasteiger partial charge is 0.244 e. The average molecular weight is 303 g/mol. The number of H-pyrrole nitrogens is 2. The Bertz CT molecular complexity index is 837. The predicted octanol–water partition coefficient (Wildman–Crippen LogP) is 1.07. The molecule has 21 heavy (non-hydrogen) atoms. The molecule has 106 valence electrons. The second-order valence-corrected chi connectivity index (χ2v) is 4.92. The maximum Gasteiger partial charge on any atom is 0.244 e. The Morgan fingerprint density at radius 2 is 2.14 bits per heavy atom. The topological polar surface area (TPSA) is 102 Å². The van der Waals surface area contributed by atoms with Crippen molar-refractivity contribution >= 4 is 34.3 Å². The Morgan fingerprint density at radius 3 is 2.81 bits per heavy atom. The van der Waals surface area contributed by atoms with Crippen molar-refractivity contribution in [3.63, 3.8) is 0 Å². The zero-order chi connectivity index (χ0) is 15.0. The van der Waals surface area contributed by atoms with E-state index < -0.39 is 11.8 Å². The van der Waals surface area contributed by atoms with Crippen molar-refractivity contribution in [1.82, 2.24) is 15.0 Å². The molecule has 1 aromatic carbocycles. The molecule has 0 radical (unpaired) electrons. The van der Waals surface area contributed by atoms with Gasteiger partial charge in [-0.2, -0.15) is 0 Å². The van der Waals surface area contributed by atoms with Gasteiger partial charge in [-0.3, -0.25) is 4.79 Å². The first-order valence-corrected chi connectivity index (χ1v) is 6.48. The maximum atomic E-state index is 12.4. The first-order chi connectivity index (χ1) is 10.1. The SMILES string of the molecule is O=C([O-])Cc1c(C(=O)c2ncc[nH]2)[nH]c2ccc(Cl)cc12. The number of halogens is 1. The summed E-state index contributed by atoms with van der Waals surface area (Å²) in [6, 6.07) is 4.96. The fourth-order valence-corrected chi connectivity index (χ4v) is 2.42. The fourth-order valence-electron chi connectivity index (χ4n) is 2.25. The largest absolute Gasteiger partial charge is 0.550 e. The Morgan fingerprint density at radius 1 is 1.33 bits per heavy atom. The monoisotopic (exact) mass is 302 g/mol. The van der Waals surface area contributed by atoms with Crippen LogP contribution in [0.3, 0.4) is 0 Å². The summed E-state index contributed by atoms with van der Waals surface area (Å²) < 4.78 is 0. The number of fused-ring (bicyclic) bond motifs is 1. The molecule has 0 saturated heterocycles. The number of rotatable bonds is 4. The number of carbonyl (C=O) groups is 2. The van der Waals surface area contributed by atoms with Gasteiger partial charge in [0.05, 0.1) is 5.69 Å². The molecule has 7 heteroatoms. The summed E-state index contributed by atoms with van der Waals surface area (Å²) in [6.07, 6.45) is 2.58. The van der Waals surface area contributed by atoms with Crippen molar-refractivity contribution in [2.75, 3.05) is 0 Å². The van der Waals surface area contributed by atoms with Crippen molar-refractivity contribution in [2.24, 2.45) is 0 Å². The molecule has 2 aromatic heterocycles. The fraction of sp³-hybridized carbons (Fsp3) is 0.0714. The van der Waals surface area contributed by atoms with Gasteiger partial charge in [-0.1, -0.05) is 11.6 Å². The summed E-state index contributed by atoms with van der Waals surface area (Å²) in [7, 11) is 0. The minimum Gasteiger partial charge on any atom is -0.550 e. The molecule has 2 heterocycles. The highest BCUT2D eigenvalue weighted by Crippen LogP contribution is 2.27. The van der Waals surface area contributed by atoms with Crippen LogP contribution in [0.4, 0.5) is 0 Å². The molecule has 3 rings (SSSR count). The van der Waals surface area contributed by atoms with Gasteiger partial charge in [0, 0.05) is 40.7 Å². The first kappa shape index (κ1) is 13.4. The highest BCUT2D eigenvalue weighted by molar-refractivity contribution is 6.31. The Kier molecular flexibility index (Phi) is 3.23. The molecule has 0 amide bonds. The lowest BCUT2D eigenvalue weighted by Crippen LogP contribution is -2.25. The molecule has 0 unspecified atom stereocenters. The van der Waals surface area contributed by atoms with Gasteiger partial charge < -0.3 is 19.9 Å². The number of ketones is 1. The van der Waals surface area contributed by atoms with Crippen LogP contribution >= 0.6 is 11.6 Å². The van der Waals surface area contributed by atoms with Crippen molar-refractivity contribution in [2.45, 2.75) is 6.42 Å². The van der Waals surface area contributed by atoms with Crippen LogP contribution in [-0.4, -0.2) is 26.7 Å². The highest BCUT2D eigenvalue weighted by atomic mass is 35.5. The van der Waals surface area contributed by atoms with Gasteiger partial charge in [0.2, 0.25) is 5.78 Å². The predicted molar refractivity (Wildman–Crippen MR) is 74.0 cm³/mol. The lowest BCUT2D eigenvalue weighted by atomic mass is 10.1. The number of carbonyl (C=O) groups excluding carboxylic acids is 2. The number of aromatic nitrogens is 3. The summed E-state index contributed by atoms with van der Waals surface area (Å²) in [5.74, 6) is -1.56. The molecule has 0 aliphatic carbocycles. The quantitative estimate of drug-likeness (QED) is 0.704. The van der Waals surface area contributed by atoms with Gasteiger partial charge in [-0.05, 0) is 23.8 Å². The molecule has 0 aliphatic heterocycles. The number of hydrogen-bond donors (Lipinski definition) is 2. The van der Waals surface area contributed by atoms with E-state index in [0.29, 0.717) is 21.5 Å². The van der Waals surface area contributed by atoms with E-state index in [4.69, 9.17) is 11.6 Å². The van der Waals surface area contributed by atoms with Crippen LogP contribution in [0.15, 0.2) is 30.6 Å². The molecular formula is C14H9ClN3O3-. The van der Waals surface area contributed by atoms with E-state index in [2.05, 4.69) is 15.0 Å². The van der Waals surface area contributed by atoms with Gasteiger partial charge in [-0.15, -0.1) is 0 Å². The van der Waals surface area contributed by atoms with Gasteiger partial charge in [0.1, 0.15) is 0 Å². The van der Waals surface area contributed by atoms with Crippen molar-refractivity contribution in [1.29, 1.82) is 0 Å². The minimum atomic E-state index is -1.27. The summed E-state index contributed by atoms with van der Waals surface area (Å²) >= 11 is 5.94. The van der Waals surface area contributed by atoms with Crippen LogP contribution in [0.1, 0.15) is 21.9 Å². The first-order valence-electron chi connectivity index (χ1n) is 6.10. The molecule has 0 aliphatic rings. The molecule has 6 nitrogen and oxygen atoms in total. The highest BCUT2D eigenvalue weighted by Gasteiger charge is 2.21. The Labute approximate surface area is 123 Å². The molecular weight excluding hydrogens is 294 g/mol. The number of aromatic amines is 2. The third kappa shape index (κ3) is 2.41. The van der Waals surface area contributed by atoms with E-state index >= 15 is 0 Å². The van der Waals surface area contributed by atoms with E-state index in [1.807, 2.05) is 0 Å². The zero-order valence-electron chi connectivity index (χ0n) is 10.6. The second kappa shape index (κ2) is 5.06. The van der Waals surface area contributed by atoms with E-state index in [1.165, 1.54) is 12.4 Å². The van der Waals surface area contributed by atoms with Gasteiger partial charge in [0.25, 0.3) is 0 Å². The maximum absolute atomic E-state index is 12.4. The number of carboxylic acid groups (broad SMARTS) is 1. The van der Waals surface area contributed by atoms with E-state index in [0.717, 1.165) is 0 Å². The molecule has 0 fully saturated rings. The van der Waals surface area contributed by atoms with Gasteiger partial charge in [0.15, 0.2) is 5.82 Å². The average Bonchev–Trinajstić information content (AvgIpc) is 3.06. The van der Waals surface area contributed by atoms with Crippen LogP contribution in [0.5, 0.6) is 0 Å². The van der Waals surface area contributed by atoms with Crippen molar-refractivity contribution in [3.8, 4) is 0 Å². The van der Waals surface area contributed by atoms with E-state index in [1.54, 1.807) is 18.2 Å². The van der Waals surface area contributed by atoms with Crippen molar-refractivity contribution < 1.29 is 14.7 Å².